The Bertz CT molecular complexity index is 597. The van der Waals surface area contributed by atoms with Crippen LogP contribution in [-0.4, -0.2) is 59.0 Å². The van der Waals surface area contributed by atoms with E-state index in [-0.39, 0.29) is 17.4 Å². The van der Waals surface area contributed by atoms with Gasteiger partial charge in [0.15, 0.2) is 0 Å². The molecule has 1 N–H and O–H groups in total. The van der Waals surface area contributed by atoms with Crippen LogP contribution in [-0.2, 0) is 4.79 Å². The molecular weight excluding hydrogens is 302 g/mol. The smallest absolute Gasteiger partial charge is 0.225 e. The highest BCUT2D eigenvalue weighted by Crippen LogP contribution is 2.44. The molecule has 1 aromatic rings. The molecule has 3 saturated heterocycles. The Kier molecular flexibility index (Phi) is 3.95. The summed E-state index contributed by atoms with van der Waals surface area (Å²) in [5, 5.41) is 3.38. The molecule has 24 heavy (non-hydrogen) atoms. The van der Waals surface area contributed by atoms with Gasteiger partial charge < -0.3 is 15.1 Å². The number of nitrogens with zero attached hydrogens (tertiary/aromatic N) is 4. The van der Waals surface area contributed by atoms with E-state index in [1.807, 2.05) is 6.07 Å². The molecule has 6 nitrogen and oxygen atoms in total. The maximum atomic E-state index is 12.5. The zero-order chi connectivity index (χ0) is 16.7. The van der Waals surface area contributed by atoms with Crippen LogP contribution in [0.4, 0.5) is 5.95 Å². The fraction of sp³-hybridized carbons (Fsp3) is 0.722. The first-order valence-electron chi connectivity index (χ1n) is 9.14. The maximum Gasteiger partial charge on any atom is 0.225 e. The van der Waals surface area contributed by atoms with Gasteiger partial charge in [-0.2, -0.15) is 0 Å². The van der Waals surface area contributed by atoms with Gasteiger partial charge in [0.2, 0.25) is 11.9 Å². The van der Waals surface area contributed by atoms with Crippen molar-refractivity contribution in [3.05, 3.63) is 18.5 Å². The number of aromatic nitrogens is 2. The number of rotatable bonds is 3. The minimum absolute atomic E-state index is 0.0151. The lowest BCUT2D eigenvalue weighted by molar-refractivity contribution is -0.123. The van der Waals surface area contributed by atoms with Crippen LogP contribution in [0.2, 0.25) is 0 Å². The van der Waals surface area contributed by atoms with Crippen LogP contribution in [0.5, 0.6) is 0 Å². The molecule has 0 saturated carbocycles. The molecule has 1 amide bonds. The molecule has 3 aliphatic heterocycles. The highest BCUT2D eigenvalue weighted by molar-refractivity contribution is 5.83. The Hall–Kier alpha value is -1.69. The van der Waals surface area contributed by atoms with Crippen LogP contribution in [0, 0.1) is 17.8 Å². The van der Waals surface area contributed by atoms with Crippen LogP contribution >= 0.6 is 0 Å². The van der Waals surface area contributed by atoms with Crippen molar-refractivity contribution in [1.82, 2.24) is 20.2 Å². The Labute approximate surface area is 143 Å². The predicted octanol–water partition coefficient (Wildman–Crippen LogP) is 1.15. The van der Waals surface area contributed by atoms with Crippen molar-refractivity contribution in [2.75, 3.05) is 37.6 Å². The van der Waals surface area contributed by atoms with Crippen LogP contribution in [0.3, 0.4) is 0 Å². The van der Waals surface area contributed by atoms with Gasteiger partial charge in [-0.05, 0) is 24.8 Å². The fourth-order valence-corrected chi connectivity index (χ4v) is 4.86. The van der Waals surface area contributed by atoms with Crippen molar-refractivity contribution in [1.29, 1.82) is 0 Å². The van der Waals surface area contributed by atoms with Gasteiger partial charge in [-0.3, -0.25) is 4.79 Å². The molecule has 3 fully saturated rings. The van der Waals surface area contributed by atoms with Crippen molar-refractivity contribution in [2.45, 2.75) is 32.2 Å². The molecule has 0 aliphatic carbocycles. The monoisotopic (exact) mass is 329 g/mol. The van der Waals surface area contributed by atoms with E-state index >= 15 is 0 Å². The molecule has 0 bridgehead atoms. The highest BCUT2D eigenvalue weighted by atomic mass is 16.2. The third-order valence-corrected chi connectivity index (χ3v) is 5.93. The first kappa shape index (κ1) is 15.8. The van der Waals surface area contributed by atoms with Gasteiger partial charge in [0, 0.05) is 56.6 Å². The Balaban J connectivity index is 1.46. The summed E-state index contributed by atoms with van der Waals surface area (Å²) in [5.41, 5.74) is -0.0151. The van der Waals surface area contributed by atoms with Crippen molar-refractivity contribution >= 4 is 11.9 Å². The number of carbonyl (C=O) groups is 1. The molecule has 0 aromatic carbocycles. The molecule has 2 atom stereocenters. The van der Waals surface area contributed by atoms with E-state index in [4.69, 9.17) is 0 Å². The summed E-state index contributed by atoms with van der Waals surface area (Å²) >= 11 is 0. The zero-order valence-corrected chi connectivity index (χ0v) is 14.6. The molecule has 4 heterocycles. The van der Waals surface area contributed by atoms with E-state index in [2.05, 4.69) is 38.9 Å². The zero-order valence-electron chi connectivity index (χ0n) is 14.6. The quantitative estimate of drug-likeness (QED) is 0.901. The van der Waals surface area contributed by atoms with E-state index in [0.717, 1.165) is 51.5 Å². The topological polar surface area (TPSA) is 61.4 Å². The summed E-state index contributed by atoms with van der Waals surface area (Å²) in [4.78, 5) is 26.0. The Morgan fingerprint density at radius 3 is 2.62 bits per heavy atom. The van der Waals surface area contributed by atoms with Gasteiger partial charge >= 0.3 is 0 Å². The van der Waals surface area contributed by atoms with Crippen LogP contribution in [0.1, 0.15) is 26.7 Å². The summed E-state index contributed by atoms with van der Waals surface area (Å²) in [6.45, 7) is 9.42. The summed E-state index contributed by atoms with van der Waals surface area (Å²) in [6.07, 6.45) is 5.57. The SMILES string of the molecule is CC(C)CN1C[C@H]2C(=O)NC3(CCN(c4ncccn4)CC3)[C@H]2C1. The van der Waals surface area contributed by atoms with Crippen molar-refractivity contribution < 1.29 is 4.79 Å². The summed E-state index contributed by atoms with van der Waals surface area (Å²) in [5.74, 6) is 2.38. The van der Waals surface area contributed by atoms with Crippen molar-refractivity contribution in [2.24, 2.45) is 17.8 Å². The molecule has 4 rings (SSSR count). The van der Waals surface area contributed by atoms with Crippen LogP contribution in [0.25, 0.3) is 0 Å². The van der Waals surface area contributed by atoms with Gasteiger partial charge in [0.05, 0.1) is 5.92 Å². The third-order valence-electron chi connectivity index (χ3n) is 5.93. The second-order valence-electron chi connectivity index (χ2n) is 8.01. The number of carbonyl (C=O) groups excluding carboxylic acids is 1. The Morgan fingerprint density at radius 1 is 1.25 bits per heavy atom. The minimum Gasteiger partial charge on any atom is -0.350 e. The second-order valence-corrected chi connectivity index (χ2v) is 8.01. The molecule has 0 unspecified atom stereocenters. The summed E-state index contributed by atoms with van der Waals surface area (Å²) < 4.78 is 0. The van der Waals surface area contributed by atoms with Crippen molar-refractivity contribution in [3.63, 3.8) is 0 Å². The minimum atomic E-state index is -0.0151. The number of nitrogens with one attached hydrogen (secondary N) is 1. The Morgan fingerprint density at radius 2 is 1.96 bits per heavy atom. The number of hydrogen-bond acceptors (Lipinski definition) is 5. The lowest BCUT2D eigenvalue weighted by Crippen LogP contribution is -2.55. The van der Waals surface area contributed by atoms with Gasteiger partial charge in [0.25, 0.3) is 0 Å². The van der Waals surface area contributed by atoms with Gasteiger partial charge in [0.1, 0.15) is 0 Å². The van der Waals surface area contributed by atoms with Crippen LogP contribution in [0.15, 0.2) is 18.5 Å². The fourth-order valence-electron chi connectivity index (χ4n) is 4.86. The standard InChI is InChI=1S/C18H27N5O/c1-13(2)10-22-11-14-15(12-22)18(21-16(14)24)4-8-23(9-5-18)17-19-6-3-7-20-17/h3,6-7,13-15H,4-5,8-12H2,1-2H3,(H,21,24)/t14-,15+/m1/s1. The lowest BCUT2D eigenvalue weighted by Gasteiger charge is -2.42. The molecule has 6 heteroatoms. The molecule has 1 spiro atoms. The van der Waals surface area contributed by atoms with Crippen molar-refractivity contribution in [3.8, 4) is 0 Å². The average Bonchev–Trinajstić information content (AvgIpc) is 3.09. The third kappa shape index (κ3) is 2.66. The molecule has 3 aliphatic rings. The summed E-state index contributed by atoms with van der Waals surface area (Å²) in [7, 11) is 0. The normalized spacial score (nSPS) is 29.3. The van der Waals surface area contributed by atoms with Crippen LogP contribution < -0.4 is 10.2 Å². The van der Waals surface area contributed by atoms with Gasteiger partial charge in [-0.25, -0.2) is 9.97 Å². The molecule has 0 radical (unpaired) electrons. The second kappa shape index (κ2) is 5.99. The first-order chi connectivity index (χ1) is 11.6. The number of amides is 1. The largest absolute Gasteiger partial charge is 0.350 e. The number of likely N-dealkylation sites (tertiary alicyclic amines) is 1. The predicted molar refractivity (Wildman–Crippen MR) is 92.6 cm³/mol. The molecule has 130 valence electrons. The van der Waals surface area contributed by atoms with E-state index in [1.54, 1.807) is 12.4 Å². The number of hydrogen-bond donors (Lipinski definition) is 1. The van der Waals surface area contributed by atoms with E-state index in [9.17, 15) is 4.79 Å². The van der Waals surface area contributed by atoms with Gasteiger partial charge in [-0.1, -0.05) is 13.8 Å². The maximum absolute atomic E-state index is 12.5. The molecule has 1 aromatic heterocycles. The van der Waals surface area contributed by atoms with E-state index in [0.29, 0.717) is 11.8 Å². The lowest BCUT2D eigenvalue weighted by atomic mass is 9.75. The average molecular weight is 329 g/mol. The van der Waals surface area contributed by atoms with E-state index < -0.39 is 0 Å². The summed E-state index contributed by atoms with van der Waals surface area (Å²) in [6, 6.07) is 1.85. The van der Waals surface area contributed by atoms with Gasteiger partial charge in [-0.15, -0.1) is 0 Å². The first-order valence-corrected chi connectivity index (χ1v) is 9.14. The molecular formula is C18H27N5O. The number of piperidine rings is 1. The number of fused-ring (bicyclic) bond motifs is 2. The number of anilines is 1. The van der Waals surface area contributed by atoms with E-state index in [1.165, 1.54) is 0 Å². The highest BCUT2D eigenvalue weighted by Gasteiger charge is 2.57.